The second-order valence-electron chi connectivity index (χ2n) is 5.56. The lowest BCUT2D eigenvalue weighted by Crippen LogP contribution is -2.25. The number of hydrogen-bond acceptors (Lipinski definition) is 1. The highest BCUT2D eigenvalue weighted by Crippen LogP contribution is 2.42. The predicted molar refractivity (Wildman–Crippen MR) is 103 cm³/mol. The summed E-state index contributed by atoms with van der Waals surface area (Å²) in [5.41, 5.74) is 2.32. The molecule has 2 aromatic carbocycles. The topological polar surface area (TPSA) is 3.24 Å². The summed E-state index contributed by atoms with van der Waals surface area (Å²) in [6.07, 6.45) is 1.71. The molecule has 0 saturated carbocycles. The van der Waals surface area contributed by atoms with Crippen LogP contribution in [-0.4, -0.2) is 11.4 Å². The van der Waals surface area contributed by atoms with Gasteiger partial charge in [-0.3, -0.25) is 0 Å². The third kappa shape index (κ3) is 3.29. The summed E-state index contributed by atoms with van der Waals surface area (Å²) < 4.78 is 29.8. The van der Waals surface area contributed by atoms with Gasteiger partial charge >= 0.3 is 0 Å². The van der Waals surface area contributed by atoms with E-state index in [-0.39, 0.29) is 5.56 Å². The molecule has 0 N–H and O–H groups in total. The Morgan fingerprint density at radius 2 is 1.72 bits per heavy atom. The van der Waals surface area contributed by atoms with Crippen LogP contribution in [0.1, 0.15) is 18.1 Å². The first-order valence-electron chi connectivity index (χ1n) is 7.72. The number of likely N-dealkylation sites (N-methyl/N-ethyl adjacent to an activating group) is 1. The molecule has 25 heavy (non-hydrogen) atoms. The second-order valence-corrected chi connectivity index (χ2v) is 6.88. The van der Waals surface area contributed by atoms with E-state index in [1.807, 2.05) is 37.3 Å². The monoisotopic (exact) mass is 421 g/mol. The van der Waals surface area contributed by atoms with Crippen LogP contribution in [0.3, 0.4) is 0 Å². The standard InChI is InChI=1S/C20H15BrClF2N/c1-3-25-12(2)16(22)11-15(13-7-5-4-6-8-13)20(25)19-17(23)9-14(21)10-18(19)24/h4-11H,2-3H2,1H3. The van der Waals surface area contributed by atoms with E-state index in [1.54, 1.807) is 11.0 Å². The number of rotatable bonds is 3. The SMILES string of the molecule is C=C1C(Cl)=CC(c2ccccc2)=C(c2c(F)cc(Br)cc2F)N1CC. The van der Waals surface area contributed by atoms with Crippen molar-refractivity contribution in [1.82, 2.24) is 4.90 Å². The van der Waals surface area contributed by atoms with Crippen molar-refractivity contribution in [3.63, 3.8) is 0 Å². The lowest BCUT2D eigenvalue weighted by molar-refractivity contribution is 0.508. The van der Waals surface area contributed by atoms with Crippen molar-refractivity contribution in [2.45, 2.75) is 6.92 Å². The lowest BCUT2D eigenvalue weighted by atomic mass is 9.94. The highest BCUT2D eigenvalue weighted by molar-refractivity contribution is 9.10. The van der Waals surface area contributed by atoms with Crippen molar-refractivity contribution in [3.8, 4) is 0 Å². The van der Waals surface area contributed by atoms with E-state index >= 15 is 0 Å². The van der Waals surface area contributed by atoms with Gasteiger partial charge in [0.1, 0.15) is 11.6 Å². The molecule has 128 valence electrons. The van der Waals surface area contributed by atoms with Crippen molar-refractivity contribution >= 4 is 38.8 Å². The maximum Gasteiger partial charge on any atom is 0.136 e. The van der Waals surface area contributed by atoms with Crippen LogP contribution >= 0.6 is 27.5 Å². The van der Waals surface area contributed by atoms with E-state index in [0.29, 0.717) is 33.0 Å². The Morgan fingerprint density at radius 3 is 2.28 bits per heavy atom. The third-order valence-corrected chi connectivity index (χ3v) is 4.83. The Kier molecular flexibility index (Phi) is 5.11. The van der Waals surface area contributed by atoms with Gasteiger partial charge < -0.3 is 4.90 Å². The van der Waals surface area contributed by atoms with Crippen LogP contribution in [0.5, 0.6) is 0 Å². The average molecular weight is 423 g/mol. The summed E-state index contributed by atoms with van der Waals surface area (Å²) >= 11 is 9.46. The molecule has 0 amide bonds. The van der Waals surface area contributed by atoms with Gasteiger partial charge in [0, 0.05) is 16.6 Å². The van der Waals surface area contributed by atoms with E-state index in [0.717, 1.165) is 5.56 Å². The average Bonchev–Trinajstić information content (AvgIpc) is 2.58. The molecule has 0 radical (unpaired) electrons. The molecule has 0 fully saturated rings. The van der Waals surface area contributed by atoms with Gasteiger partial charge in [-0.05, 0) is 30.7 Å². The fraction of sp³-hybridized carbons (Fsp3) is 0.100. The molecule has 0 saturated heterocycles. The summed E-state index contributed by atoms with van der Waals surface area (Å²) in [5.74, 6) is -1.29. The highest BCUT2D eigenvalue weighted by atomic mass is 79.9. The summed E-state index contributed by atoms with van der Waals surface area (Å²) in [5, 5.41) is 0.447. The zero-order valence-corrected chi connectivity index (χ0v) is 15.8. The smallest absolute Gasteiger partial charge is 0.136 e. The third-order valence-electron chi connectivity index (χ3n) is 4.04. The van der Waals surface area contributed by atoms with Gasteiger partial charge in [0.05, 0.1) is 22.0 Å². The molecule has 1 aliphatic rings. The molecule has 0 bridgehead atoms. The molecule has 1 nitrogen and oxygen atoms in total. The van der Waals surface area contributed by atoms with Crippen LogP contribution in [0.15, 0.2) is 70.3 Å². The molecule has 1 aliphatic heterocycles. The zero-order valence-electron chi connectivity index (χ0n) is 13.5. The maximum absolute atomic E-state index is 14.7. The van der Waals surface area contributed by atoms with Crippen molar-refractivity contribution in [2.75, 3.05) is 6.54 Å². The summed E-state index contributed by atoms with van der Waals surface area (Å²) in [6.45, 7) is 6.33. The van der Waals surface area contributed by atoms with Crippen molar-refractivity contribution < 1.29 is 8.78 Å². The van der Waals surface area contributed by atoms with Crippen molar-refractivity contribution in [1.29, 1.82) is 0 Å². The van der Waals surface area contributed by atoms with Crippen LogP contribution in [0.2, 0.25) is 0 Å². The number of hydrogen-bond donors (Lipinski definition) is 0. The number of halogens is 4. The molecule has 2 aromatic rings. The van der Waals surface area contributed by atoms with Crippen LogP contribution in [0, 0.1) is 11.6 Å². The van der Waals surface area contributed by atoms with Gasteiger partial charge in [-0.15, -0.1) is 0 Å². The minimum absolute atomic E-state index is 0.0922. The zero-order chi connectivity index (χ0) is 18.1. The van der Waals surface area contributed by atoms with Crippen molar-refractivity contribution in [2.24, 2.45) is 0 Å². The number of benzene rings is 2. The lowest BCUT2D eigenvalue weighted by Gasteiger charge is -2.34. The van der Waals surface area contributed by atoms with Gasteiger partial charge in [0.2, 0.25) is 0 Å². The molecule has 0 unspecified atom stereocenters. The first kappa shape index (κ1) is 17.9. The Balaban J connectivity index is 2.38. The maximum atomic E-state index is 14.7. The van der Waals surface area contributed by atoms with Crippen LogP contribution in [0.25, 0.3) is 11.3 Å². The van der Waals surface area contributed by atoms with Gasteiger partial charge in [0.15, 0.2) is 0 Å². The number of allylic oxidation sites excluding steroid dienone is 3. The van der Waals surface area contributed by atoms with E-state index in [2.05, 4.69) is 22.5 Å². The normalized spacial score (nSPS) is 14.8. The summed E-state index contributed by atoms with van der Waals surface area (Å²) in [4.78, 5) is 1.74. The molecule has 5 heteroatoms. The highest BCUT2D eigenvalue weighted by Gasteiger charge is 2.28. The fourth-order valence-corrected chi connectivity index (χ4v) is 3.53. The second kappa shape index (κ2) is 7.14. The Labute approximate surface area is 159 Å². The van der Waals surface area contributed by atoms with Crippen LogP contribution in [0.4, 0.5) is 8.78 Å². The Hall–Kier alpha value is -1.91. The molecule has 1 heterocycles. The van der Waals surface area contributed by atoms with E-state index < -0.39 is 11.6 Å². The molecular formula is C20H15BrClF2N. The molecular weight excluding hydrogens is 408 g/mol. The van der Waals surface area contributed by atoms with Gasteiger partial charge in [-0.2, -0.15) is 0 Å². The Morgan fingerprint density at radius 1 is 1.12 bits per heavy atom. The minimum atomic E-state index is -0.645. The van der Waals surface area contributed by atoms with Crippen LogP contribution < -0.4 is 0 Å². The Bertz CT molecular complexity index is 880. The van der Waals surface area contributed by atoms with Gasteiger partial charge in [0.25, 0.3) is 0 Å². The largest absolute Gasteiger partial charge is 0.340 e. The van der Waals surface area contributed by atoms with Gasteiger partial charge in [-0.25, -0.2) is 8.78 Å². The van der Waals surface area contributed by atoms with E-state index in [4.69, 9.17) is 11.6 Å². The first-order valence-corrected chi connectivity index (χ1v) is 8.89. The predicted octanol–water partition coefficient (Wildman–Crippen LogP) is 6.57. The van der Waals surface area contributed by atoms with E-state index in [1.165, 1.54) is 12.1 Å². The fourth-order valence-electron chi connectivity index (χ4n) is 2.91. The van der Waals surface area contributed by atoms with Gasteiger partial charge in [-0.1, -0.05) is 64.4 Å². The first-order chi connectivity index (χ1) is 11.9. The van der Waals surface area contributed by atoms with E-state index in [9.17, 15) is 8.78 Å². The molecule has 0 spiro atoms. The summed E-state index contributed by atoms with van der Waals surface area (Å²) in [6, 6.07) is 11.9. The van der Waals surface area contributed by atoms with Crippen molar-refractivity contribution in [3.05, 3.63) is 93.1 Å². The molecule has 3 rings (SSSR count). The molecule has 0 aliphatic carbocycles. The number of nitrogens with zero attached hydrogens (tertiary/aromatic N) is 1. The van der Waals surface area contributed by atoms with Crippen LogP contribution in [-0.2, 0) is 0 Å². The quantitative estimate of drug-likeness (QED) is 0.541. The summed E-state index contributed by atoms with van der Waals surface area (Å²) in [7, 11) is 0. The minimum Gasteiger partial charge on any atom is -0.340 e. The molecule has 0 aromatic heterocycles. The molecule has 0 atom stereocenters.